The van der Waals surface area contributed by atoms with Crippen LogP contribution in [0.1, 0.15) is 206 Å². The van der Waals surface area contributed by atoms with Crippen molar-refractivity contribution in [3.8, 4) is 0 Å². The summed E-state index contributed by atoms with van der Waals surface area (Å²) in [4.78, 5) is 37.1. The standard InChI is InChI=1S/C55H95NO7/c1-6-8-10-12-14-16-18-20-22-24-26-27-28-30-31-33-35-37-39-41-43-45-53(57)62-50-51(49-61-48-47-52(55(59)60)56(3,4)5)63-54(58)46-44-42-40-38-36-34-32-29-25-23-21-19-17-15-13-11-9-7-2/h8,10,14,16,20,22,26-27,30-31,35,37,51-52H,6-7,9,11-13,15,17-19,21,23-25,28-29,32-34,36,38-50H2,1-5H3/p+1/b10-8+,16-14+,22-20+,27-26+,31-30+,37-35+. The Morgan fingerprint density at radius 1 is 0.492 bits per heavy atom. The molecule has 0 fully saturated rings. The second kappa shape index (κ2) is 45.3. The molecule has 0 aliphatic carbocycles. The first kappa shape index (κ1) is 59.8. The maximum atomic E-state index is 12.8. The maximum absolute atomic E-state index is 12.8. The molecule has 0 aromatic heterocycles. The molecule has 362 valence electrons. The van der Waals surface area contributed by atoms with Crippen LogP contribution < -0.4 is 0 Å². The van der Waals surface area contributed by atoms with Crippen LogP contribution in [0.2, 0.25) is 0 Å². The number of likely N-dealkylation sites (N-methyl/N-ethyl adjacent to an activating group) is 1. The first-order chi connectivity index (χ1) is 30.6. The summed E-state index contributed by atoms with van der Waals surface area (Å²) in [6.45, 7) is 4.59. The van der Waals surface area contributed by atoms with Crippen molar-refractivity contribution >= 4 is 17.9 Å². The summed E-state index contributed by atoms with van der Waals surface area (Å²) in [5.74, 6) is -1.52. The molecule has 8 heteroatoms. The van der Waals surface area contributed by atoms with E-state index in [0.29, 0.717) is 25.7 Å². The van der Waals surface area contributed by atoms with Gasteiger partial charge in [-0.1, -0.05) is 196 Å². The van der Waals surface area contributed by atoms with E-state index in [9.17, 15) is 19.5 Å². The number of esters is 2. The van der Waals surface area contributed by atoms with Gasteiger partial charge in [0.05, 0.1) is 34.4 Å². The number of carboxylic acids is 1. The number of ether oxygens (including phenoxy) is 3. The van der Waals surface area contributed by atoms with Gasteiger partial charge in [0.1, 0.15) is 6.61 Å². The molecule has 0 spiro atoms. The predicted octanol–water partition coefficient (Wildman–Crippen LogP) is 14.7. The van der Waals surface area contributed by atoms with Gasteiger partial charge >= 0.3 is 17.9 Å². The van der Waals surface area contributed by atoms with Crippen LogP contribution in [0.5, 0.6) is 0 Å². The average Bonchev–Trinajstić information content (AvgIpc) is 3.24. The van der Waals surface area contributed by atoms with E-state index in [1.807, 2.05) is 21.1 Å². The molecule has 0 aliphatic heterocycles. The quantitative estimate of drug-likeness (QED) is 0.0281. The largest absolute Gasteiger partial charge is 0.477 e. The molecule has 0 aromatic carbocycles. The zero-order valence-corrected chi connectivity index (χ0v) is 41.3. The molecule has 8 nitrogen and oxygen atoms in total. The fourth-order valence-corrected chi connectivity index (χ4v) is 7.21. The molecule has 0 amide bonds. The van der Waals surface area contributed by atoms with Crippen LogP contribution in [0.4, 0.5) is 0 Å². The number of hydrogen-bond acceptors (Lipinski definition) is 6. The third-order valence-corrected chi connectivity index (χ3v) is 11.1. The molecule has 0 aromatic rings. The minimum atomic E-state index is -0.881. The third kappa shape index (κ3) is 43.8. The van der Waals surface area contributed by atoms with Gasteiger partial charge in [-0.05, 0) is 64.2 Å². The van der Waals surface area contributed by atoms with Crippen molar-refractivity contribution in [2.24, 2.45) is 0 Å². The van der Waals surface area contributed by atoms with E-state index >= 15 is 0 Å². The lowest BCUT2D eigenvalue weighted by Crippen LogP contribution is -2.50. The minimum Gasteiger partial charge on any atom is -0.477 e. The van der Waals surface area contributed by atoms with Crippen molar-refractivity contribution in [3.63, 3.8) is 0 Å². The number of carbonyl (C=O) groups excluding carboxylic acids is 2. The first-order valence-electron chi connectivity index (χ1n) is 25.5. The van der Waals surface area contributed by atoms with E-state index in [2.05, 4.69) is 86.8 Å². The van der Waals surface area contributed by atoms with E-state index < -0.39 is 18.1 Å². The molecule has 2 atom stereocenters. The Morgan fingerprint density at radius 2 is 0.889 bits per heavy atom. The van der Waals surface area contributed by atoms with Gasteiger partial charge in [0.2, 0.25) is 0 Å². The van der Waals surface area contributed by atoms with Crippen LogP contribution in [0, 0.1) is 0 Å². The lowest BCUT2D eigenvalue weighted by atomic mass is 10.0. The van der Waals surface area contributed by atoms with E-state index in [1.165, 1.54) is 96.3 Å². The fraction of sp³-hybridized carbons (Fsp3) is 0.727. The summed E-state index contributed by atoms with van der Waals surface area (Å²) in [5.41, 5.74) is 0. The van der Waals surface area contributed by atoms with Gasteiger partial charge in [-0.3, -0.25) is 9.59 Å². The smallest absolute Gasteiger partial charge is 0.362 e. The Bertz CT molecular complexity index is 1260. The van der Waals surface area contributed by atoms with Gasteiger partial charge in [0.25, 0.3) is 0 Å². The topological polar surface area (TPSA) is 99.1 Å². The zero-order chi connectivity index (χ0) is 46.3. The highest BCUT2D eigenvalue weighted by molar-refractivity contribution is 5.72. The molecule has 2 unspecified atom stereocenters. The summed E-state index contributed by atoms with van der Waals surface area (Å²) in [7, 11) is 5.52. The Labute approximate surface area is 387 Å². The molecule has 0 aliphatic rings. The van der Waals surface area contributed by atoms with Crippen LogP contribution in [-0.2, 0) is 28.6 Å². The second-order valence-electron chi connectivity index (χ2n) is 18.1. The number of aliphatic carboxylic acids is 1. The average molecular weight is 883 g/mol. The predicted molar refractivity (Wildman–Crippen MR) is 266 cm³/mol. The van der Waals surface area contributed by atoms with E-state index in [1.54, 1.807) is 0 Å². The molecule has 0 saturated heterocycles. The van der Waals surface area contributed by atoms with Crippen molar-refractivity contribution in [2.75, 3.05) is 41.0 Å². The molecule has 0 radical (unpaired) electrons. The Hall–Kier alpha value is -3.23. The minimum absolute atomic E-state index is 0.0459. The molecule has 0 saturated carbocycles. The van der Waals surface area contributed by atoms with Crippen molar-refractivity contribution in [2.45, 2.75) is 219 Å². The Balaban J connectivity index is 4.34. The molecule has 0 heterocycles. The summed E-state index contributed by atoms with van der Waals surface area (Å²) < 4.78 is 17.3. The van der Waals surface area contributed by atoms with Crippen LogP contribution in [0.15, 0.2) is 72.9 Å². The molecular formula is C55H96NO7+. The summed E-state index contributed by atoms with van der Waals surface area (Å²) in [6.07, 6.45) is 58.1. The number of hydrogen-bond donors (Lipinski definition) is 1. The number of nitrogens with zero attached hydrogens (tertiary/aromatic N) is 1. The van der Waals surface area contributed by atoms with Crippen molar-refractivity contribution in [1.29, 1.82) is 0 Å². The van der Waals surface area contributed by atoms with Crippen molar-refractivity contribution in [1.82, 2.24) is 0 Å². The highest BCUT2D eigenvalue weighted by atomic mass is 16.6. The number of rotatable bonds is 45. The van der Waals surface area contributed by atoms with Gasteiger partial charge < -0.3 is 23.8 Å². The van der Waals surface area contributed by atoms with Crippen molar-refractivity contribution < 1.29 is 38.2 Å². The molecule has 1 N–H and O–H groups in total. The summed E-state index contributed by atoms with van der Waals surface area (Å²) >= 11 is 0. The maximum Gasteiger partial charge on any atom is 0.362 e. The SMILES string of the molecule is CC/C=C/C/C=C/C/C=C/C/C=C/C/C=C/C/C=C/CCCCC(=O)OCC(COCCC(C(=O)O)[N+](C)(C)C)OC(=O)CCCCCCCCCCCCCCCCCCCC. The van der Waals surface area contributed by atoms with E-state index in [0.717, 1.165) is 70.6 Å². The fourth-order valence-electron chi connectivity index (χ4n) is 7.21. The van der Waals surface area contributed by atoms with Crippen LogP contribution >= 0.6 is 0 Å². The second-order valence-corrected chi connectivity index (χ2v) is 18.1. The number of unbranched alkanes of at least 4 members (excludes halogenated alkanes) is 19. The molecular weight excluding hydrogens is 787 g/mol. The number of carboxylic acid groups (broad SMARTS) is 1. The normalized spacial score (nSPS) is 13.5. The van der Waals surface area contributed by atoms with Gasteiger partial charge in [0.15, 0.2) is 12.1 Å². The summed E-state index contributed by atoms with van der Waals surface area (Å²) in [5, 5.41) is 9.65. The Kier molecular flexibility index (Phi) is 43.0. The van der Waals surface area contributed by atoms with E-state index in [-0.39, 0.29) is 36.2 Å². The van der Waals surface area contributed by atoms with E-state index in [4.69, 9.17) is 14.2 Å². The van der Waals surface area contributed by atoms with Crippen LogP contribution in [0.3, 0.4) is 0 Å². The van der Waals surface area contributed by atoms with Crippen LogP contribution in [-0.4, -0.2) is 80.6 Å². The monoisotopic (exact) mass is 883 g/mol. The van der Waals surface area contributed by atoms with Gasteiger partial charge in [-0.25, -0.2) is 4.79 Å². The number of allylic oxidation sites excluding steroid dienone is 12. The van der Waals surface area contributed by atoms with Crippen LogP contribution in [0.25, 0.3) is 0 Å². The molecule has 63 heavy (non-hydrogen) atoms. The lowest BCUT2D eigenvalue weighted by molar-refractivity contribution is -0.887. The van der Waals surface area contributed by atoms with Crippen molar-refractivity contribution in [3.05, 3.63) is 72.9 Å². The molecule has 0 bridgehead atoms. The van der Waals surface area contributed by atoms with Gasteiger partial charge in [-0.15, -0.1) is 0 Å². The number of quaternary nitrogens is 1. The first-order valence-corrected chi connectivity index (χ1v) is 25.5. The molecule has 0 rings (SSSR count). The lowest BCUT2D eigenvalue weighted by Gasteiger charge is -2.31. The van der Waals surface area contributed by atoms with Gasteiger partial charge in [-0.2, -0.15) is 0 Å². The number of carbonyl (C=O) groups is 3. The Morgan fingerprint density at radius 3 is 1.32 bits per heavy atom. The third-order valence-electron chi connectivity index (χ3n) is 11.1. The summed E-state index contributed by atoms with van der Waals surface area (Å²) in [6, 6.07) is -0.624. The zero-order valence-electron chi connectivity index (χ0n) is 41.3. The highest BCUT2D eigenvalue weighted by Crippen LogP contribution is 2.16. The highest BCUT2D eigenvalue weighted by Gasteiger charge is 2.31. The van der Waals surface area contributed by atoms with Gasteiger partial charge in [0, 0.05) is 19.3 Å².